The van der Waals surface area contributed by atoms with E-state index in [9.17, 15) is 9.59 Å². The molecule has 6 nitrogen and oxygen atoms in total. The average molecular weight is 383 g/mol. The zero-order chi connectivity index (χ0) is 17.5. The van der Waals surface area contributed by atoms with E-state index < -0.39 is 17.9 Å². The molecule has 25 heavy (non-hydrogen) atoms. The van der Waals surface area contributed by atoms with Gasteiger partial charge in [-0.1, -0.05) is 37.3 Å². The van der Waals surface area contributed by atoms with Gasteiger partial charge in [-0.05, 0) is 31.0 Å². The summed E-state index contributed by atoms with van der Waals surface area (Å²) in [6, 6.07) is 11.2. The number of nitrogens with zero attached hydrogens (tertiary/aromatic N) is 3. The second-order valence-electron chi connectivity index (χ2n) is 5.13. The maximum absolute atomic E-state index is 12.2. The fourth-order valence-electron chi connectivity index (χ4n) is 2.16. The molecule has 7 heteroatoms. The molecule has 0 saturated carbocycles. The van der Waals surface area contributed by atoms with Crippen LogP contribution in [0, 0.1) is 0 Å². The van der Waals surface area contributed by atoms with Crippen LogP contribution >= 0.6 is 0 Å². The Labute approximate surface area is 156 Å². The van der Waals surface area contributed by atoms with E-state index in [1.54, 1.807) is 56.3 Å². The van der Waals surface area contributed by atoms with Gasteiger partial charge in [-0.2, -0.15) is 0 Å². The van der Waals surface area contributed by atoms with Gasteiger partial charge in [-0.3, -0.25) is 9.98 Å². The van der Waals surface area contributed by atoms with Gasteiger partial charge in [0, 0.05) is 28.4 Å². The van der Waals surface area contributed by atoms with E-state index in [4.69, 9.17) is 5.11 Å². The summed E-state index contributed by atoms with van der Waals surface area (Å²) in [4.78, 5) is 31.6. The molecule has 0 aliphatic heterocycles. The van der Waals surface area contributed by atoms with E-state index >= 15 is 0 Å². The molecule has 1 atom stereocenters. The molecular weight excluding hydrogens is 365 g/mol. The molecule has 1 amide bonds. The molecule has 1 N–H and O–H groups in total. The van der Waals surface area contributed by atoms with Crippen molar-refractivity contribution in [2.45, 2.75) is 26.3 Å². The summed E-state index contributed by atoms with van der Waals surface area (Å²) in [6.45, 7) is 3.47. The van der Waals surface area contributed by atoms with Crippen LogP contribution in [0.4, 0.5) is 5.69 Å². The Hall–Kier alpha value is -2.53. The second-order valence-corrected chi connectivity index (χ2v) is 5.13. The van der Waals surface area contributed by atoms with Crippen LogP contribution in [-0.4, -0.2) is 33.7 Å². The van der Waals surface area contributed by atoms with E-state index in [-0.39, 0.29) is 22.2 Å². The Morgan fingerprint density at radius 3 is 2.48 bits per heavy atom. The topological polar surface area (TPSA) is 93.7 Å². The quantitative estimate of drug-likeness (QED) is 0.609. The zero-order valence-electron chi connectivity index (χ0n) is 13.8. The van der Waals surface area contributed by atoms with Crippen LogP contribution < -0.4 is 0 Å². The number of para-hydroxylation sites is 1. The molecule has 0 fully saturated rings. The number of carboxylic acids is 1. The molecule has 2 rings (SSSR count). The van der Waals surface area contributed by atoms with Crippen molar-refractivity contribution in [3.05, 3.63) is 65.2 Å². The number of hydrogen-bond acceptors (Lipinski definition) is 4. The van der Waals surface area contributed by atoms with Gasteiger partial charge in [0.2, 0.25) is 0 Å². The van der Waals surface area contributed by atoms with Crippen molar-refractivity contribution in [1.82, 2.24) is 4.98 Å². The van der Waals surface area contributed by atoms with Crippen LogP contribution in [0.5, 0.6) is 0 Å². The second kappa shape index (κ2) is 9.69. The largest absolute Gasteiger partial charge is 0.621 e. The van der Waals surface area contributed by atoms with Crippen molar-refractivity contribution >= 4 is 23.3 Å². The number of carbonyl (C=O) groups is 2. The molecule has 1 heterocycles. The number of rotatable bonds is 6. The molecule has 0 saturated heterocycles. The average Bonchev–Trinajstić information content (AvgIpc) is 2.60. The Bertz CT molecular complexity index is 763. The van der Waals surface area contributed by atoms with E-state index in [2.05, 4.69) is 15.3 Å². The summed E-state index contributed by atoms with van der Waals surface area (Å²) in [5, 5.41) is 13.2. The molecule has 0 aliphatic carbocycles. The van der Waals surface area contributed by atoms with Gasteiger partial charge in [0.25, 0.3) is 0 Å². The minimum absolute atomic E-state index is 0. The molecule has 0 radical (unpaired) electrons. The van der Waals surface area contributed by atoms with Crippen molar-refractivity contribution in [1.29, 1.82) is 0 Å². The summed E-state index contributed by atoms with van der Waals surface area (Å²) in [5.41, 5.74) is 1.84. The molecule has 1 aromatic heterocycles. The zero-order valence-corrected chi connectivity index (χ0v) is 14.8. The number of pyridine rings is 1. The number of carboxylic acid groups (broad SMARTS) is 1. The van der Waals surface area contributed by atoms with Gasteiger partial charge < -0.3 is 15.2 Å². The van der Waals surface area contributed by atoms with Gasteiger partial charge in [-0.25, -0.2) is 4.79 Å². The fraction of sp³-hybridized carbons (Fsp3) is 0.222. The van der Waals surface area contributed by atoms with E-state index in [1.807, 2.05) is 0 Å². The number of aliphatic carboxylic acids is 1. The molecule has 2 aromatic rings. The maximum Gasteiger partial charge on any atom is 0.328 e. The van der Waals surface area contributed by atoms with Crippen LogP contribution in [0.25, 0.3) is 5.32 Å². The van der Waals surface area contributed by atoms with E-state index in [1.165, 1.54) is 6.20 Å². The SMILES string of the molecule is CCC(N=C(C)c1ccccc1[N-]C(=O)c1ccccn1)C(=O)O.[Ni]. The maximum atomic E-state index is 12.2. The number of carbonyl (C=O) groups excluding carboxylic acids is 1. The number of amides is 1. The standard InChI is InChI=1S/C18H19N3O3.Ni/c1-3-14(18(23)24)20-12(2)13-8-4-5-9-15(13)21-17(22)16-10-6-7-11-19-16;/h4-11,14H,3H2,1-2H3,(H2,20,21,22,23,24);/p-1. The molecular formula is C18H18N3NiO3-. The van der Waals surface area contributed by atoms with Gasteiger partial charge in [0.05, 0.1) is 5.69 Å². The molecule has 0 bridgehead atoms. The molecule has 0 spiro atoms. The van der Waals surface area contributed by atoms with Gasteiger partial charge in [0.15, 0.2) is 0 Å². The fourth-order valence-corrected chi connectivity index (χ4v) is 2.16. The summed E-state index contributed by atoms with van der Waals surface area (Å²) in [5.74, 6) is -1.43. The summed E-state index contributed by atoms with van der Waals surface area (Å²) < 4.78 is 0. The van der Waals surface area contributed by atoms with Crippen molar-refractivity contribution in [2.75, 3.05) is 0 Å². The minimum atomic E-state index is -0.976. The first-order chi connectivity index (χ1) is 11.5. The normalized spacial score (nSPS) is 12.0. The minimum Gasteiger partial charge on any atom is -0.621 e. The van der Waals surface area contributed by atoms with Crippen LogP contribution in [0.2, 0.25) is 0 Å². The van der Waals surface area contributed by atoms with Gasteiger partial charge in [0.1, 0.15) is 11.9 Å². The number of hydrogen-bond donors (Lipinski definition) is 1. The molecule has 0 aliphatic rings. The van der Waals surface area contributed by atoms with Gasteiger partial charge >= 0.3 is 5.97 Å². The van der Waals surface area contributed by atoms with Crippen molar-refractivity contribution in [3.63, 3.8) is 0 Å². The summed E-state index contributed by atoms with van der Waals surface area (Å²) in [6.07, 6.45) is 1.92. The Balaban J connectivity index is 0.00000312. The third-order valence-electron chi connectivity index (χ3n) is 3.42. The van der Waals surface area contributed by atoms with Crippen LogP contribution in [-0.2, 0) is 21.3 Å². The van der Waals surface area contributed by atoms with Crippen LogP contribution in [0.15, 0.2) is 53.7 Å². The van der Waals surface area contributed by atoms with E-state index in [0.29, 0.717) is 23.4 Å². The first-order valence-corrected chi connectivity index (χ1v) is 7.56. The van der Waals surface area contributed by atoms with Crippen molar-refractivity contribution in [2.24, 2.45) is 4.99 Å². The first kappa shape index (κ1) is 20.5. The molecule has 134 valence electrons. The van der Waals surface area contributed by atoms with Crippen LogP contribution in [0.1, 0.15) is 36.3 Å². The van der Waals surface area contributed by atoms with Gasteiger partial charge in [-0.15, -0.1) is 5.69 Å². The monoisotopic (exact) mass is 382 g/mol. The van der Waals surface area contributed by atoms with E-state index in [0.717, 1.165) is 0 Å². The Morgan fingerprint density at radius 1 is 1.20 bits per heavy atom. The predicted octanol–water partition coefficient (Wildman–Crippen LogP) is 3.60. The van der Waals surface area contributed by atoms with Crippen LogP contribution in [0.3, 0.4) is 0 Å². The smallest absolute Gasteiger partial charge is 0.328 e. The predicted molar refractivity (Wildman–Crippen MR) is 92.0 cm³/mol. The van der Waals surface area contributed by atoms with Crippen molar-refractivity contribution < 1.29 is 31.2 Å². The number of aromatic nitrogens is 1. The van der Waals surface area contributed by atoms with Crippen molar-refractivity contribution in [3.8, 4) is 0 Å². The third-order valence-corrected chi connectivity index (χ3v) is 3.42. The first-order valence-electron chi connectivity index (χ1n) is 7.56. The summed E-state index contributed by atoms with van der Waals surface area (Å²) in [7, 11) is 0. The third kappa shape index (κ3) is 5.50. The molecule has 1 unspecified atom stereocenters. The molecule has 1 aromatic carbocycles. The Kier molecular flexibility index (Phi) is 7.95. The number of aliphatic imine (C=N–C) groups is 1. The Morgan fingerprint density at radius 2 is 1.88 bits per heavy atom. The summed E-state index contributed by atoms with van der Waals surface area (Å²) >= 11 is 0. The number of benzene rings is 1.